The zero-order valence-electron chi connectivity index (χ0n) is 11.7. The highest BCUT2D eigenvalue weighted by Gasteiger charge is 2.43. The van der Waals surface area contributed by atoms with Crippen LogP contribution in [0.15, 0.2) is 0 Å². The van der Waals surface area contributed by atoms with Gasteiger partial charge in [0, 0.05) is 24.8 Å². The predicted molar refractivity (Wildman–Crippen MR) is 81.0 cm³/mol. The molecule has 2 aliphatic heterocycles. The second-order valence-electron chi connectivity index (χ2n) is 5.35. The van der Waals surface area contributed by atoms with E-state index >= 15 is 0 Å². The number of likely N-dealkylation sites (tertiary alicyclic amines) is 1. The van der Waals surface area contributed by atoms with Gasteiger partial charge in [-0.25, -0.2) is 8.78 Å². The number of halogens is 3. The van der Waals surface area contributed by atoms with Crippen LogP contribution >= 0.6 is 24.2 Å². The molecule has 0 aliphatic carbocycles. The molecule has 2 aliphatic rings. The summed E-state index contributed by atoms with van der Waals surface area (Å²) in [6.07, 6.45) is 2.87. The van der Waals surface area contributed by atoms with E-state index in [2.05, 4.69) is 12.2 Å². The summed E-state index contributed by atoms with van der Waals surface area (Å²) < 4.78 is 26.3. The van der Waals surface area contributed by atoms with Crippen LogP contribution in [0.5, 0.6) is 0 Å². The van der Waals surface area contributed by atoms with Gasteiger partial charge < -0.3 is 4.90 Å². The Morgan fingerprint density at radius 3 is 2.80 bits per heavy atom. The third kappa shape index (κ3) is 4.74. The Hall–Kier alpha value is -0.0700. The topological polar surface area (TPSA) is 32.3 Å². The van der Waals surface area contributed by atoms with E-state index in [1.165, 1.54) is 0 Å². The summed E-state index contributed by atoms with van der Waals surface area (Å²) in [4.78, 5) is 14.1. The molecule has 2 unspecified atom stereocenters. The molecule has 0 bridgehead atoms. The first-order valence-electron chi connectivity index (χ1n) is 7.03. The Balaban J connectivity index is 0.00000200. The molecule has 2 heterocycles. The monoisotopic (exact) mass is 328 g/mol. The van der Waals surface area contributed by atoms with Gasteiger partial charge in [-0.05, 0) is 18.6 Å². The fourth-order valence-corrected chi connectivity index (χ4v) is 3.88. The summed E-state index contributed by atoms with van der Waals surface area (Å²) in [6.45, 7) is 3.16. The first kappa shape index (κ1) is 18.0. The van der Waals surface area contributed by atoms with Crippen molar-refractivity contribution in [2.75, 3.05) is 25.4 Å². The fraction of sp³-hybridized carbons (Fsp3) is 0.923. The molecule has 2 saturated heterocycles. The number of nitrogens with zero attached hydrogens (tertiary/aromatic N) is 1. The standard InChI is InChI=1S/C13H22F2N2OS.ClH/c1-2-19-10-5-3-4-6-17(8-10)12(18)11-7-13(14,15)9-16-11;/h10-11,16H,2-9H2,1H3;1H. The SMILES string of the molecule is CCSC1CCCCN(C(=O)C2CC(F)(F)CN2)C1.Cl. The van der Waals surface area contributed by atoms with Crippen LogP contribution < -0.4 is 5.32 Å². The molecule has 2 atom stereocenters. The lowest BCUT2D eigenvalue weighted by Crippen LogP contribution is -2.45. The maximum Gasteiger partial charge on any atom is 0.262 e. The molecular formula is C13H23ClF2N2OS. The lowest BCUT2D eigenvalue weighted by Gasteiger charge is -2.26. The molecule has 0 aromatic rings. The van der Waals surface area contributed by atoms with Gasteiger partial charge in [-0.15, -0.1) is 12.4 Å². The third-order valence-corrected chi connectivity index (χ3v) is 4.94. The van der Waals surface area contributed by atoms with E-state index in [9.17, 15) is 13.6 Å². The Kier molecular flexibility index (Phi) is 7.01. The van der Waals surface area contributed by atoms with Gasteiger partial charge in [-0.3, -0.25) is 10.1 Å². The minimum atomic E-state index is -2.73. The van der Waals surface area contributed by atoms with Crippen LogP contribution in [0.3, 0.4) is 0 Å². The number of hydrogen-bond acceptors (Lipinski definition) is 3. The largest absolute Gasteiger partial charge is 0.340 e. The van der Waals surface area contributed by atoms with E-state index in [0.29, 0.717) is 18.3 Å². The Morgan fingerprint density at radius 2 is 2.20 bits per heavy atom. The first-order chi connectivity index (χ1) is 9.02. The molecule has 0 spiro atoms. The number of nitrogens with one attached hydrogen (secondary N) is 1. The summed E-state index contributed by atoms with van der Waals surface area (Å²) in [5.74, 6) is -1.84. The molecule has 1 N–H and O–H groups in total. The maximum atomic E-state index is 13.2. The third-order valence-electron chi connectivity index (χ3n) is 3.75. The molecule has 0 aromatic heterocycles. The molecule has 7 heteroatoms. The van der Waals surface area contributed by atoms with Crippen molar-refractivity contribution in [3.05, 3.63) is 0 Å². The quantitative estimate of drug-likeness (QED) is 0.864. The van der Waals surface area contributed by atoms with Crippen LogP contribution in [0, 0.1) is 0 Å². The van der Waals surface area contributed by atoms with Gasteiger partial charge in [-0.2, -0.15) is 11.8 Å². The van der Waals surface area contributed by atoms with Crippen LogP contribution in [-0.4, -0.2) is 53.4 Å². The van der Waals surface area contributed by atoms with Gasteiger partial charge >= 0.3 is 0 Å². The fourth-order valence-electron chi connectivity index (χ4n) is 2.79. The van der Waals surface area contributed by atoms with Crippen molar-refractivity contribution < 1.29 is 13.6 Å². The highest BCUT2D eigenvalue weighted by Crippen LogP contribution is 2.28. The molecule has 2 fully saturated rings. The Labute approximate surface area is 129 Å². The number of hydrogen-bond donors (Lipinski definition) is 1. The molecule has 0 aromatic carbocycles. The summed E-state index contributed by atoms with van der Waals surface area (Å²) in [5.41, 5.74) is 0. The van der Waals surface area contributed by atoms with Crippen molar-refractivity contribution in [1.29, 1.82) is 0 Å². The van der Waals surface area contributed by atoms with Gasteiger partial charge in [0.15, 0.2) is 0 Å². The highest BCUT2D eigenvalue weighted by atomic mass is 35.5. The van der Waals surface area contributed by atoms with Crippen LogP contribution in [0.2, 0.25) is 0 Å². The van der Waals surface area contributed by atoms with Crippen molar-refractivity contribution >= 4 is 30.1 Å². The summed E-state index contributed by atoms with van der Waals surface area (Å²) in [7, 11) is 0. The molecule has 3 nitrogen and oxygen atoms in total. The average Bonchev–Trinajstić information content (AvgIpc) is 2.59. The number of rotatable bonds is 3. The number of carbonyl (C=O) groups excluding carboxylic acids is 1. The predicted octanol–water partition coefficient (Wildman–Crippen LogP) is 2.54. The lowest BCUT2D eigenvalue weighted by molar-refractivity contribution is -0.133. The van der Waals surface area contributed by atoms with Gasteiger partial charge in [0.05, 0.1) is 12.6 Å². The zero-order valence-corrected chi connectivity index (χ0v) is 13.4. The molecular weight excluding hydrogens is 306 g/mol. The van der Waals surface area contributed by atoms with Gasteiger partial charge in [0.1, 0.15) is 0 Å². The number of alkyl halides is 2. The van der Waals surface area contributed by atoms with E-state index in [-0.39, 0.29) is 31.3 Å². The van der Waals surface area contributed by atoms with Crippen molar-refractivity contribution in [1.82, 2.24) is 10.2 Å². The smallest absolute Gasteiger partial charge is 0.262 e. The van der Waals surface area contributed by atoms with Crippen LogP contribution in [0.1, 0.15) is 32.6 Å². The summed E-state index contributed by atoms with van der Waals surface area (Å²) in [5, 5.41) is 3.12. The molecule has 2 rings (SSSR count). The number of amides is 1. The average molecular weight is 329 g/mol. The normalized spacial score (nSPS) is 29.6. The molecule has 118 valence electrons. The van der Waals surface area contributed by atoms with Crippen molar-refractivity contribution in [3.63, 3.8) is 0 Å². The molecule has 0 radical (unpaired) electrons. The van der Waals surface area contributed by atoms with Gasteiger partial charge in [0.2, 0.25) is 5.91 Å². The Morgan fingerprint density at radius 1 is 1.45 bits per heavy atom. The number of thioether (sulfide) groups is 1. The van der Waals surface area contributed by atoms with E-state index in [0.717, 1.165) is 25.0 Å². The highest BCUT2D eigenvalue weighted by molar-refractivity contribution is 7.99. The van der Waals surface area contributed by atoms with Crippen molar-refractivity contribution in [3.8, 4) is 0 Å². The molecule has 0 saturated carbocycles. The summed E-state index contributed by atoms with van der Waals surface area (Å²) in [6, 6.07) is -0.694. The van der Waals surface area contributed by atoms with E-state index in [1.54, 1.807) is 4.90 Å². The van der Waals surface area contributed by atoms with Crippen LogP contribution in [0.25, 0.3) is 0 Å². The van der Waals surface area contributed by atoms with Crippen molar-refractivity contribution in [2.45, 2.75) is 49.8 Å². The number of carbonyl (C=O) groups is 1. The second-order valence-corrected chi connectivity index (χ2v) is 6.93. The van der Waals surface area contributed by atoms with E-state index in [4.69, 9.17) is 0 Å². The summed E-state index contributed by atoms with van der Waals surface area (Å²) >= 11 is 1.87. The second kappa shape index (κ2) is 7.80. The maximum absolute atomic E-state index is 13.2. The lowest BCUT2D eigenvalue weighted by atomic mass is 10.1. The minimum Gasteiger partial charge on any atom is -0.340 e. The van der Waals surface area contributed by atoms with E-state index < -0.39 is 12.0 Å². The van der Waals surface area contributed by atoms with Gasteiger partial charge in [0.25, 0.3) is 5.92 Å². The van der Waals surface area contributed by atoms with Crippen LogP contribution in [0.4, 0.5) is 8.78 Å². The Bertz CT molecular complexity index is 333. The van der Waals surface area contributed by atoms with Crippen molar-refractivity contribution in [2.24, 2.45) is 0 Å². The zero-order chi connectivity index (χ0) is 13.9. The molecule has 1 amide bonds. The minimum absolute atomic E-state index is 0. The first-order valence-corrected chi connectivity index (χ1v) is 8.08. The van der Waals surface area contributed by atoms with Gasteiger partial charge in [-0.1, -0.05) is 13.3 Å². The van der Waals surface area contributed by atoms with Crippen LogP contribution in [-0.2, 0) is 4.79 Å². The molecule has 20 heavy (non-hydrogen) atoms. The van der Waals surface area contributed by atoms with E-state index in [1.807, 2.05) is 11.8 Å².